The number of alkyl carbamates (subject to hydrolysis) is 1. The summed E-state index contributed by atoms with van der Waals surface area (Å²) in [7, 11) is 1.17. The maximum Gasteiger partial charge on any atom is 0.416 e. The lowest BCUT2D eigenvalue weighted by atomic mass is 10.2. The number of halogens is 3. The number of nitrogens with zero attached hydrogens (tertiary/aromatic N) is 1. The lowest BCUT2D eigenvalue weighted by Crippen LogP contribution is -2.52. The molecule has 28 heavy (non-hydrogen) atoms. The Morgan fingerprint density at radius 1 is 1.46 bits per heavy atom. The van der Waals surface area contributed by atoms with E-state index in [2.05, 4.69) is 21.2 Å². The van der Waals surface area contributed by atoms with Gasteiger partial charge in [0.2, 0.25) is 0 Å². The van der Waals surface area contributed by atoms with Gasteiger partial charge in [0, 0.05) is 6.54 Å². The van der Waals surface area contributed by atoms with Gasteiger partial charge in [0.25, 0.3) is 0 Å². The van der Waals surface area contributed by atoms with E-state index in [0.29, 0.717) is 0 Å². The van der Waals surface area contributed by atoms with Crippen molar-refractivity contribution in [3.8, 4) is 5.75 Å². The van der Waals surface area contributed by atoms with Crippen molar-refractivity contribution in [3.05, 3.63) is 8.66 Å². The molecule has 0 saturated carbocycles. The normalized spacial score (nSPS) is 16.6. The van der Waals surface area contributed by atoms with Gasteiger partial charge in [-0.25, -0.2) is 9.59 Å². The number of amides is 1. The highest BCUT2D eigenvalue weighted by Crippen LogP contribution is 2.50. The number of hydrogen-bond donors (Lipinski definition) is 2. The Labute approximate surface area is 172 Å². The van der Waals surface area contributed by atoms with Crippen LogP contribution in [0.2, 0.25) is 0 Å². The zero-order valence-corrected chi connectivity index (χ0v) is 18.1. The number of rotatable bonds is 5. The van der Waals surface area contributed by atoms with Gasteiger partial charge in [-0.15, -0.1) is 11.3 Å². The topological polar surface area (TPSA) is 97.3 Å². The summed E-state index contributed by atoms with van der Waals surface area (Å²) in [6, 6.07) is -0.930. The van der Waals surface area contributed by atoms with Gasteiger partial charge in [0.15, 0.2) is 5.75 Å². The fraction of sp³-hybridized carbons (Fsp3) is 0.625. The molecule has 0 radical (unpaired) electrons. The molecule has 2 heterocycles. The van der Waals surface area contributed by atoms with Gasteiger partial charge in [-0.1, -0.05) is 0 Å². The fourth-order valence-corrected chi connectivity index (χ4v) is 4.16. The van der Waals surface area contributed by atoms with Crippen molar-refractivity contribution in [1.29, 1.82) is 0 Å². The Balaban J connectivity index is 2.29. The zero-order chi connectivity index (χ0) is 21.3. The highest BCUT2D eigenvalue weighted by molar-refractivity contribution is 9.11. The van der Waals surface area contributed by atoms with Crippen LogP contribution in [0.5, 0.6) is 5.75 Å². The maximum absolute atomic E-state index is 14.1. The molecule has 0 spiro atoms. The number of carbonyl (C=O) groups is 2. The molecule has 0 aromatic carbocycles. The Morgan fingerprint density at radius 3 is 2.64 bits per heavy atom. The molecule has 1 atom stereocenters. The molecule has 12 heteroatoms. The van der Waals surface area contributed by atoms with Crippen LogP contribution >= 0.6 is 27.3 Å². The molecule has 1 aromatic heterocycles. The van der Waals surface area contributed by atoms with Crippen molar-refractivity contribution in [3.63, 3.8) is 0 Å². The summed E-state index contributed by atoms with van der Waals surface area (Å²) in [5.41, 5.74) is -0.654. The Hall–Kier alpha value is -1.66. The van der Waals surface area contributed by atoms with Crippen molar-refractivity contribution < 1.29 is 37.7 Å². The lowest BCUT2D eigenvalue weighted by Gasteiger charge is -2.36. The molecule has 1 amide bonds. The molecule has 158 valence electrons. The SMILES string of the molecule is COC(=O)c1sc(Br)c2c1N(C[C@@H](CO)NC(=O)OC(C)(C)C)CC(F)(F)O2. The first-order chi connectivity index (χ1) is 12.9. The summed E-state index contributed by atoms with van der Waals surface area (Å²) in [5.74, 6) is -0.915. The number of thiophene rings is 1. The second-order valence-electron chi connectivity index (χ2n) is 7.02. The highest BCUT2D eigenvalue weighted by atomic mass is 79.9. The molecule has 1 aromatic rings. The largest absolute Gasteiger partial charge is 0.465 e. The summed E-state index contributed by atoms with van der Waals surface area (Å²) >= 11 is 4.01. The van der Waals surface area contributed by atoms with E-state index >= 15 is 0 Å². The van der Waals surface area contributed by atoms with Gasteiger partial charge in [0.1, 0.15) is 26.5 Å². The number of alkyl halides is 2. The Bertz CT molecular complexity index is 752. The predicted octanol–water partition coefficient (Wildman–Crippen LogP) is 2.97. The number of ether oxygens (including phenoxy) is 3. The van der Waals surface area contributed by atoms with Crippen molar-refractivity contribution >= 4 is 45.0 Å². The number of hydrogen-bond acceptors (Lipinski definition) is 8. The average molecular weight is 487 g/mol. The molecule has 2 rings (SSSR count). The first-order valence-electron chi connectivity index (χ1n) is 8.19. The van der Waals surface area contributed by atoms with Gasteiger partial charge in [0.05, 0.1) is 19.8 Å². The van der Waals surface area contributed by atoms with Crippen LogP contribution in [-0.2, 0) is 9.47 Å². The van der Waals surface area contributed by atoms with Crippen molar-refractivity contribution in [2.45, 2.75) is 38.5 Å². The van der Waals surface area contributed by atoms with Crippen LogP contribution < -0.4 is 15.0 Å². The first kappa shape index (κ1) is 22.6. The molecule has 0 saturated heterocycles. The van der Waals surface area contributed by atoms with Gasteiger partial charge in [-0.2, -0.15) is 8.78 Å². The molecule has 1 aliphatic heterocycles. The number of methoxy groups -OCH3 is 1. The molecule has 0 unspecified atom stereocenters. The summed E-state index contributed by atoms with van der Waals surface area (Å²) in [6.07, 6.45) is -4.33. The number of esters is 1. The van der Waals surface area contributed by atoms with E-state index in [1.807, 2.05) is 0 Å². The van der Waals surface area contributed by atoms with E-state index in [-0.39, 0.29) is 26.6 Å². The highest BCUT2D eigenvalue weighted by Gasteiger charge is 2.45. The number of aliphatic hydroxyl groups is 1. The molecule has 0 bridgehead atoms. The molecule has 2 N–H and O–H groups in total. The van der Waals surface area contributed by atoms with Crippen LogP contribution in [0.25, 0.3) is 0 Å². The maximum atomic E-state index is 14.1. The molecule has 1 aliphatic rings. The molecule has 8 nitrogen and oxygen atoms in total. The van der Waals surface area contributed by atoms with Crippen LogP contribution in [0, 0.1) is 0 Å². The standard InChI is InChI=1S/C16H21BrF2N2O6S/c1-15(2,3)27-14(24)20-8(6-22)5-21-7-16(18,19)26-10-9(21)11(13(23)25-4)28-12(10)17/h8,22H,5-7H2,1-4H3,(H,20,24)/t8-/m0/s1. The first-order valence-corrected chi connectivity index (χ1v) is 9.80. The Kier molecular flexibility index (Phi) is 6.77. The minimum absolute atomic E-state index is 0.0637. The number of carbonyl (C=O) groups excluding carboxylic acids is 2. The molecular formula is C16H21BrF2N2O6S. The predicted molar refractivity (Wildman–Crippen MR) is 101 cm³/mol. The monoisotopic (exact) mass is 486 g/mol. The summed E-state index contributed by atoms with van der Waals surface area (Å²) in [4.78, 5) is 25.2. The number of aliphatic hydroxyl groups excluding tert-OH is 1. The molecule has 0 aliphatic carbocycles. The van der Waals surface area contributed by atoms with Crippen molar-refractivity contribution in [1.82, 2.24) is 5.32 Å². The third-order valence-electron chi connectivity index (χ3n) is 3.50. The van der Waals surface area contributed by atoms with Crippen LogP contribution in [0.3, 0.4) is 0 Å². The average Bonchev–Trinajstić information content (AvgIpc) is 2.87. The third-order valence-corrected chi connectivity index (χ3v) is 5.27. The molecular weight excluding hydrogens is 466 g/mol. The minimum atomic E-state index is -3.53. The van der Waals surface area contributed by atoms with Gasteiger partial charge < -0.3 is 29.5 Å². The minimum Gasteiger partial charge on any atom is -0.465 e. The summed E-state index contributed by atoms with van der Waals surface area (Å²) < 4.78 is 42.9. The van der Waals surface area contributed by atoms with Gasteiger partial charge >= 0.3 is 18.2 Å². The summed E-state index contributed by atoms with van der Waals surface area (Å²) in [6.45, 7) is 3.38. The number of anilines is 1. The van der Waals surface area contributed by atoms with Gasteiger partial charge in [-0.05, 0) is 36.7 Å². The summed E-state index contributed by atoms with van der Waals surface area (Å²) in [5, 5.41) is 12.0. The van der Waals surface area contributed by atoms with Crippen LogP contribution in [-0.4, -0.2) is 61.7 Å². The van der Waals surface area contributed by atoms with Crippen molar-refractivity contribution in [2.75, 3.05) is 31.7 Å². The van der Waals surface area contributed by atoms with Gasteiger partial charge in [-0.3, -0.25) is 0 Å². The lowest BCUT2D eigenvalue weighted by molar-refractivity contribution is -0.172. The van der Waals surface area contributed by atoms with E-state index in [1.54, 1.807) is 20.8 Å². The zero-order valence-electron chi connectivity index (χ0n) is 15.7. The second-order valence-corrected chi connectivity index (χ2v) is 9.36. The smallest absolute Gasteiger partial charge is 0.416 e. The van der Waals surface area contributed by atoms with Crippen LogP contribution in [0.1, 0.15) is 30.4 Å². The van der Waals surface area contributed by atoms with Crippen LogP contribution in [0.4, 0.5) is 19.3 Å². The molecule has 0 fully saturated rings. The van der Waals surface area contributed by atoms with Crippen LogP contribution in [0.15, 0.2) is 3.79 Å². The Morgan fingerprint density at radius 2 is 2.11 bits per heavy atom. The van der Waals surface area contributed by atoms with Crippen molar-refractivity contribution in [2.24, 2.45) is 0 Å². The van der Waals surface area contributed by atoms with E-state index < -0.39 is 43.0 Å². The number of fused-ring (bicyclic) bond motifs is 1. The fourth-order valence-electron chi connectivity index (χ4n) is 2.52. The second kappa shape index (κ2) is 8.37. The van der Waals surface area contributed by atoms with E-state index in [4.69, 9.17) is 14.2 Å². The quantitative estimate of drug-likeness (QED) is 0.617. The number of nitrogens with one attached hydrogen (secondary N) is 1. The van der Waals surface area contributed by atoms with E-state index in [9.17, 15) is 23.5 Å². The van der Waals surface area contributed by atoms with E-state index in [1.165, 1.54) is 12.0 Å². The van der Waals surface area contributed by atoms with E-state index in [0.717, 1.165) is 11.3 Å². The third kappa shape index (κ3) is 5.45.